The zero-order valence-electron chi connectivity index (χ0n) is 8.82. The molecule has 1 aliphatic rings. The van der Waals surface area contributed by atoms with Crippen LogP contribution in [0.25, 0.3) is 0 Å². The zero-order chi connectivity index (χ0) is 11.3. The lowest BCUT2D eigenvalue weighted by atomic mass is 9.85. The van der Waals surface area contributed by atoms with Crippen molar-refractivity contribution in [2.24, 2.45) is 5.92 Å². The van der Waals surface area contributed by atoms with E-state index in [1.165, 1.54) is 0 Å². The summed E-state index contributed by atoms with van der Waals surface area (Å²) in [6, 6.07) is 0.0327. The first kappa shape index (κ1) is 12.6. The van der Waals surface area contributed by atoms with E-state index in [1.807, 2.05) is 0 Å². The number of alkyl halides is 3. The van der Waals surface area contributed by atoms with Gasteiger partial charge in [-0.3, -0.25) is 0 Å². The molecule has 0 bridgehead atoms. The first-order valence-electron chi connectivity index (χ1n) is 5.45. The Morgan fingerprint density at radius 1 is 1.33 bits per heavy atom. The first-order valence-corrected chi connectivity index (χ1v) is 5.45. The summed E-state index contributed by atoms with van der Waals surface area (Å²) >= 11 is 0. The average Bonchev–Trinajstić information content (AvgIpc) is 2.17. The van der Waals surface area contributed by atoms with Gasteiger partial charge in [0.25, 0.3) is 0 Å². The maximum Gasteiger partial charge on any atom is 0.391 e. The Kier molecular flexibility index (Phi) is 4.64. The molecule has 0 radical (unpaired) electrons. The monoisotopic (exact) mass is 221 g/mol. The van der Waals surface area contributed by atoms with Crippen LogP contribution < -0.4 is 5.32 Å². The van der Waals surface area contributed by atoms with E-state index in [4.69, 9.17) is 0 Å². The van der Waals surface area contributed by atoms with Crippen molar-refractivity contribution in [3.63, 3.8) is 0 Å². The highest BCUT2D eigenvalue weighted by Gasteiger charge is 2.41. The molecule has 1 rings (SSSR count). The zero-order valence-corrected chi connectivity index (χ0v) is 8.82. The van der Waals surface area contributed by atoms with Gasteiger partial charge >= 0.3 is 6.18 Å². The molecule has 1 fully saturated rings. The number of rotatable bonds is 4. The van der Waals surface area contributed by atoms with Crippen molar-refractivity contribution in [2.45, 2.75) is 44.3 Å². The summed E-state index contributed by atoms with van der Waals surface area (Å²) in [7, 11) is 0. The second-order valence-electron chi connectivity index (χ2n) is 4.13. The lowest BCUT2D eigenvalue weighted by Gasteiger charge is -2.31. The van der Waals surface area contributed by atoms with Crippen LogP contribution in [-0.4, -0.2) is 18.8 Å². The minimum Gasteiger partial charge on any atom is -0.314 e. The molecule has 2 atom stereocenters. The number of nitrogens with one attached hydrogen (secondary N) is 1. The predicted octanol–water partition coefficient (Wildman–Crippen LogP) is 3.27. The molecule has 0 amide bonds. The van der Waals surface area contributed by atoms with Crippen LogP contribution in [0.2, 0.25) is 0 Å². The summed E-state index contributed by atoms with van der Waals surface area (Å²) in [5.74, 6) is -1.10. The molecule has 0 aromatic rings. The second kappa shape index (κ2) is 5.54. The molecule has 0 aromatic carbocycles. The third-order valence-electron chi connectivity index (χ3n) is 2.92. The van der Waals surface area contributed by atoms with E-state index in [0.717, 1.165) is 19.4 Å². The van der Waals surface area contributed by atoms with Crippen molar-refractivity contribution < 1.29 is 13.2 Å². The van der Waals surface area contributed by atoms with Crippen LogP contribution in [0.5, 0.6) is 0 Å². The Morgan fingerprint density at radius 2 is 2.07 bits per heavy atom. The normalized spacial score (nSPS) is 27.7. The van der Waals surface area contributed by atoms with Gasteiger partial charge in [0.05, 0.1) is 5.92 Å². The number of hydrogen-bond acceptors (Lipinski definition) is 1. The summed E-state index contributed by atoms with van der Waals surface area (Å²) in [4.78, 5) is 0. The molecule has 0 aliphatic heterocycles. The van der Waals surface area contributed by atoms with Crippen LogP contribution in [0.3, 0.4) is 0 Å². The molecule has 88 valence electrons. The highest BCUT2D eigenvalue weighted by atomic mass is 19.4. The molecule has 1 N–H and O–H groups in total. The lowest BCUT2D eigenvalue weighted by Crippen LogP contribution is -2.39. The topological polar surface area (TPSA) is 12.0 Å². The van der Waals surface area contributed by atoms with Crippen LogP contribution in [0.15, 0.2) is 12.7 Å². The lowest BCUT2D eigenvalue weighted by molar-refractivity contribution is -0.183. The molecular formula is C11H18F3N. The fraction of sp³-hybridized carbons (Fsp3) is 0.818. The van der Waals surface area contributed by atoms with E-state index in [0.29, 0.717) is 12.8 Å². The van der Waals surface area contributed by atoms with E-state index >= 15 is 0 Å². The third-order valence-corrected chi connectivity index (χ3v) is 2.92. The molecule has 0 saturated heterocycles. The minimum atomic E-state index is -4.02. The van der Waals surface area contributed by atoms with Crippen molar-refractivity contribution in [1.82, 2.24) is 5.32 Å². The van der Waals surface area contributed by atoms with Crippen LogP contribution in [0, 0.1) is 5.92 Å². The van der Waals surface area contributed by atoms with Crippen LogP contribution >= 0.6 is 0 Å². The van der Waals surface area contributed by atoms with Crippen LogP contribution in [-0.2, 0) is 0 Å². The fourth-order valence-electron chi connectivity index (χ4n) is 2.06. The van der Waals surface area contributed by atoms with Gasteiger partial charge in [-0.25, -0.2) is 0 Å². The predicted molar refractivity (Wildman–Crippen MR) is 54.6 cm³/mol. The largest absolute Gasteiger partial charge is 0.391 e. The van der Waals surface area contributed by atoms with Gasteiger partial charge in [0.15, 0.2) is 0 Å². The first-order chi connectivity index (χ1) is 7.04. The summed E-state index contributed by atoms with van der Waals surface area (Å²) in [6.45, 7) is 4.31. The van der Waals surface area contributed by atoms with E-state index < -0.39 is 12.1 Å². The average molecular weight is 221 g/mol. The molecule has 1 aliphatic carbocycles. The maximum atomic E-state index is 12.5. The quantitative estimate of drug-likeness (QED) is 0.567. The molecule has 2 unspecified atom stereocenters. The molecule has 1 nitrogen and oxygen atoms in total. The van der Waals surface area contributed by atoms with Crippen molar-refractivity contribution in [3.05, 3.63) is 12.7 Å². The minimum absolute atomic E-state index is 0.0327. The van der Waals surface area contributed by atoms with Crippen molar-refractivity contribution in [3.8, 4) is 0 Å². The van der Waals surface area contributed by atoms with Gasteiger partial charge in [-0.05, 0) is 32.2 Å². The van der Waals surface area contributed by atoms with Crippen molar-refractivity contribution in [1.29, 1.82) is 0 Å². The third kappa shape index (κ3) is 4.24. The molecular weight excluding hydrogens is 203 g/mol. The fourth-order valence-corrected chi connectivity index (χ4v) is 2.06. The van der Waals surface area contributed by atoms with Crippen molar-refractivity contribution in [2.75, 3.05) is 6.54 Å². The SMILES string of the molecule is C=CCCNC1CCCC(C(F)(F)F)C1. The summed E-state index contributed by atoms with van der Waals surface area (Å²) in [5.41, 5.74) is 0. The van der Waals surface area contributed by atoms with Gasteiger partial charge in [0.1, 0.15) is 0 Å². The molecule has 15 heavy (non-hydrogen) atoms. The highest BCUT2D eigenvalue weighted by molar-refractivity contribution is 4.82. The van der Waals surface area contributed by atoms with Gasteiger partial charge < -0.3 is 5.32 Å². The van der Waals surface area contributed by atoms with Gasteiger partial charge in [-0.1, -0.05) is 12.5 Å². The van der Waals surface area contributed by atoms with E-state index in [2.05, 4.69) is 11.9 Å². The summed E-state index contributed by atoms with van der Waals surface area (Å²) < 4.78 is 37.4. The van der Waals surface area contributed by atoms with E-state index in [1.54, 1.807) is 6.08 Å². The summed E-state index contributed by atoms with van der Waals surface area (Å²) in [6.07, 6.45) is 0.645. The van der Waals surface area contributed by atoms with Gasteiger partial charge in [0.2, 0.25) is 0 Å². The maximum absolute atomic E-state index is 12.5. The Morgan fingerprint density at radius 3 is 2.67 bits per heavy atom. The van der Waals surface area contributed by atoms with Crippen LogP contribution in [0.4, 0.5) is 13.2 Å². The van der Waals surface area contributed by atoms with Gasteiger partial charge in [-0.2, -0.15) is 13.2 Å². The molecule has 1 saturated carbocycles. The molecule has 0 aromatic heterocycles. The smallest absolute Gasteiger partial charge is 0.314 e. The molecule has 0 spiro atoms. The Bertz CT molecular complexity index is 200. The molecule has 0 heterocycles. The Labute approximate surface area is 88.7 Å². The van der Waals surface area contributed by atoms with Gasteiger partial charge in [0, 0.05) is 6.04 Å². The molecule has 4 heteroatoms. The second-order valence-corrected chi connectivity index (χ2v) is 4.13. The van der Waals surface area contributed by atoms with Gasteiger partial charge in [-0.15, -0.1) is 6.58 Å². The highest BCUT2D eigenvalue weighted by Crippen LogP contribution is 2.37. The van der Waals surface area contributed by atoms with Crippen molar-refractivity contribution >= 4 is 0 Å². The summed E-state index contributed by atoms with van der Waals surface area (Å²) in [5, 5.41) is 3.15. The van der Waals surface area contributed by atoms with E-state index in [9.17, 15) is 13.2 Å². The number of hydrogen-bond donors (Lipinski definition) is 1. The standard InChI is InChI=1S/C11H18F3N/c1-2-3-7-15-10-6-4-5-9(8-10)11(12,13)14/h2,9-10,15H,1,3-8H2. The van der Waals surface area contributed by atoms with E-state index in [-0.39, 0.29) is 12.5 Å². The van der Waals surface area contributed by atoms with Crippen LogP contribution in [0.1, 0.15) is 32.1 Å². The number of halogens is 3. The Hall–Kier alpha value is -0.510. The Balaban J connectivity index is 2.32.